The Bertz CT molecular complexity index is 361. The summed E-state index contributed by atoms with van der Waals surface area (Å²) in [6, 6.07) is 6.56. The van der Waals surface area contributed by atoms with Crippen molar-refractivity contribution in [3.63, 3.8) is 0 Å². The van der Waals surface area contributed by atoms with E-state index in [1.807, 2.05) is 0 Å². The van der Waals surface area contributed by atoms with E-state index in [-0.39, 0.29) is 0 Å². The average molecular weight is 251 g/mol. The summed E-state index contributed by atoms with van der Waals surface area (Å²) in [6.07, 6.45) is 5.86. The third-order valence-electron chi connectivity index (χ3n) is 3.40. The molecule has 0 bridgehead atoms. The molecule has 0 saturated carbocycles. The number of ether oxygens (including phenoxy) is 1. The van der Waals surface area contributed by atoms with E-state index in [2.05, 4.69) is 29.8 Å². The van der Waals surface area contributed by atoms with E-state index >= 15 is 0 Å². The van der Waals surface area contributed by atoms with Crippen LogP contribution in [0.15, 0.2) is 23.1 Å². The van der Waals surface area contributed by atoms with Gasteiger partial charge in [-0.05, 0) is 62.2 Å². The summed E-state index contributed by atoms with van der Waals surface area (Å²) >= 11 is 1.76. The molecule has 1 heterocycles. The lowest BCUT2D eigenvalue weighted by atomic mass is 9.92. The highest BCUT2D eigenvalue weighted by Gasteiger charge is 2.15. The molecule has 1 N–H and O–H groups in total. The lowest BCUT2D eigenvalue weighted by Crippen LogP contribution is -2.30. The number of nitrogens with one attached hydrogen (secondary N) is 1. The first kappa shape index (κ1) is 12.8. The summed E-state index contributed by atoms with van der Waals surface area (Å²) in [5.41, 5.74) is 1.35. The second-order valence-electron chi connectivity index (χ2n) is 4.59. The van der Waals surface area contributed by atoms with Crippen molar-refractivity contribution in [2.24, 2.45) is 5.92 Å². The minimum absolute atomic E-state index is 0.762. The number of thioether (sulfide) groups is 1. The fourth-order valence-corrected chi connectivity index (χ4v) is 2.86. The first-order valence-electron chi connectivity index (χ1n) is 6.25. The van der Waals surface area contributed by atoms with Crippen LogP contribution < -0.4 is 10.1 Å². The van der Waals surface area contributed by atoms with Gasteiger partial charge in [-0.2, -0.15) is 0 Å². The minimum Gasteiger partial charge on any atom is -0.496 e. The molecule has 1 aromatic carbocycles. The van der Waals surface area contributed by atoms with E-state index in [0.717, 1.165) is 24.6 Å². The number of benzene rings is 1. The number of piperidine rings is 1. The molecule has 0 radical (unpaired) electrons. The molecule has 0 aliphatic carbocycles. The molecule has 0 spiro atoms. The third-order valence-corrected chi connectivity index (χ3v) is 4.13. The van der Waals surface area contributed by atoms with Crippen LogP contribution in [0.3, 0.4) is 0 Å². The smallest absolute Gasteiger partial charge is 0.123 e. The van der Waals surface area contributed by atoms with Gasteiger partial charge in [0.1, 0.15) is 5.75 Å². The maximum atomic E-state index is 5.50. The molecule has 0 amide bonds. The molecule has 3 heteroatoms. The fraction of sp³-hybridized carbons (Fsp3) is 0.571. The van der Waals surface area contributed by atoms with E-state index < -0.39 is 0 Å². The van der Waals surface area contributed by atoms with Gasteiger partial charge >= 0.3 is 0 Å². The quantitative estimate of drug-likeness (QED) is 0.831. The monoisotopic (exact) mass is 251 g/mol. The van der Waals surface area contributed by atoms with Gasteiger partial charge in [0.25, 0.3) is 0 Å². The van der Waals surface area contributed by atoms with Gasteiger partial charge in [-0.3, -0.25) is 0 Å². The zero-order chi connectivity index (χ0) is 12.1. The van der Waals surface area contributed by atoms with Crippen molar-refractivity contribution >= 4 is 11.8 Å². The summed E-state index contributed by atoms with van der Waals surface area (Å²) in [5.74, 6) is 1.81. The maximum Gasteiger partial charge on any atom is 0.123 e. The minimum atomic E-state index is 0.762. The van der Waals surface area contributed by atoms with Crippen molar-refractivity contribution in [3.05, 3.63) is 23.8 Å². The summed E-state index contributed by atoms with van der Waals surface area (Å²) in [7, 11) is 1.77. The van der Waals surface area contributed by atoms with Crippen LogP contribution in [0.1, 0.15) is 18.4 Å². The van der Waals surface area contributed by atoms with Crippen molar-refractivity contribution in [2.75, 3.05) is 26.5 Å². The molecule has 2 rings (SSSR count). The van der Waals surface area contributed by atoms with Crippen LogP contribution in [-0.4, -0.2) is 26.5 Å². The molecular weight excluding hydrogens is 230 g/mol. The van der Waals surface area contributed by atoms with E-state index in [1.165, 1.54) is 29.8 Å². The highest BCUT2D eigenvalue weighted by Crippen LogP contribution is 2.28. The molecule has 1 fully saturated rings. The van der Waals surface area contributed by atoms with E-state index in [0.29, 0.717) is 0 Å². The molecule has 1 aromatic rings. The van der Waals surface area contributed by atoms with Crippen LogP contribution in [0.5, 0.6) is 5.75 Å². The fourth-order valence-electron chi connectivity index (χ4n) is 2.43. The highest BCUT2D eigenvalue weighted by molar-refractivity contribution is 7.98. The highest BCUT2D eigenvalue weighted by atomic mass is 32.2. The van der Waals surface area contributed by atoms with Crippen molar-refractivity contribution in [2.45, 2.75) is 24.2 Å². The van der Waals surface area contributed by atoms with Crippen LogP contribution in [0.2, 0.25) is 0 Å². The lowest BCUT2D eigenvalue weighted by molar-refractivity contribution is 0.363. The second kappa shape index (κ2) is 6.31. The molecule has 17 heavy (non-hydrogen) atoms. The van der Waals surface area contributed by atoms with Gasteiger partial charge in [0.2, 0.25) is 0 Å². The lowest BCUT2D eigenvalue weighted by Gasteiger charge is -2.23. The predicted octanol–water partition coefficient (Wildman–Crippen LogP) is 2.96. The normalized spacial score (nSPS) is 20.2. The molecule has 0 aromatic heterocycles. The van der Waals surface area contributed by atoms with Crippen molar-refractivity contribution in [1.29, 1.82) is 0 Å². The molecule has 1 saturated heterocycles. The van der Waals surface area contributed by atoms with Gasteiger partial charge in [0.05, 0.1) is 7.11 Å². The van der Waals surface area contributed by atoms with Gasteiger partial charge in [0.15, 0.2) is 0 Å². The Hall–Kier alpha value is -0.670. The van der Waals surface area contributed by atoms with Crippen LogP contribution in [0.25, 0.3) is 0 Å². The molecular formula is C14H21NOS. The largest absolute Gasteiger partial charge is 0.496 e. The maximum absolute atomic E-state index is 5.50. The van der Waals surface area contributed by atoms with Gasteiger partial charge in [-0.15, -0.1) is 11.8 Å². The van der Waals surface area contributed by atoms with Gasteiger partial charge in [0, 0.05) is 4.90 Å². The zero-order valence-electron chi connectivity index (χ0n) is 10.7. The Kier molecular flexibility index (Phi) is 4.75. The number of hydrogen-bond donors (Lipinski definition) is 1. The second-order valence-corrected chi connectivity index (χ2v) is 5.47. The number of hydrogen-bond acceptors (Lipinski definition) is 3. The van der Waals surface area contributed by atoms with Crippen molar-refractivity contribution < 1.29 is 4.74 Å². The Morgan fingerprint density at radius 3 is 3.00 bits per heavy atom. The van der Waals surface area contributed by atoms with Gasteiger partial charge in [-0.25, -0.2) is 0 Å². The molecule has 1 atom stereocenters. The van der Waals surface area contributed by atoms with Crippen LogP contribution in [-0.2, 0) is 6.42 Å². The van der Waals surface area contributed by atoms with E-state index in [4.69, 9.17) is 4.74 Å². The molecule has 1 aliphatic heterocycles. The van der Waals surface area contributed by atoms with Crippen LogP contribution in [0.4, 0.5) is 0 Å². The summed E-state index contributed by atoms with van der Waals surface area (Å²) in [4.78, 5) is 1.27. The van der Waals surface area contributed by atoms with Crippen molar-refractivity contribution in [1.82, 2.24) is 5.32 Å². The van der Waals surface area contributed by atoms with Crippen molar-refractivity contribution in [3.8, 4) is 5.75 Å². The first-order chi connectivity index (χ1) is 8.33. The van der Waals surface area contributed by atoms with E-state index in [9.17, 15) is 0 Å². The number of methoxy groups -OCH3 is 1. The summed E-state index contributed by atoms with van der Waals surface area (Å²) < 4.78 is 5.50. The van der Waals surface area contributed by atoms with Crippen LogP contribution in [0, 0.1) is 5.92 Å². The third kappa shape index (κ3) is 3.39. The molecule has 1 aliphatic rings. The van der Waals surface area contributed by atoms with Crippen LogP contribution >= 0.6 is 11.8 Å². The SMILES string of the molecule is COc1cc(SC)ccc1CC1CCCNC1. The van der Waals surface area contributed by atoms with Gasteiger partial charge < -0.3 is 10.1 Å². The Morgan fingerprint density at radius 1 is 1.47 bits per heavy atom. The standard InChI is InChI=1S/C14H21NOS/c1-16-14-9-13(17-2)6-5-12(14)8-11-4-3-7-15-10-11/h5-6,9,11,15H,3-4,7-8,10H2,1-2H3. The molecule has 2 nitrogen and oxygen atoms in total. The Labute approximate surface area is 108 Å². The van der Waals surface area contributed by atoms with Gasteiger partial charge in [-0.1, -0.05) is 6.07 Å². The summed E-state index contributed by atoms with van der Waals surface area (Å²) in [6.45, 7) is 2.33. The average Bonchev–Trinajstić information content (AvgIpc) is 2.40. The summed E-state index contributed by atoms with van der Waals surface area (Å²) in [5, 5.41) is 3.47. The zero-order valence-corrected chi connectivity index (χ0v) is 11.5. The Balaban J connectivity index is 2.08. The number of rotatable bonds is 4. The predicted molar refractivity (Wildman–Crippen MR) is 74.1 cm³/mol. The molecule has 1 unspecified atom stereocenters. The Morgan fingerprint density at radius 2 is 2.35 bits per heavy atom. The topological polar surface area (TPSA) is 21.3 Å². The van der Waals surface area contributed by atoms with E-state index in [1.54, 1.807) is 18.9 Å². The molecule has 94 valence electrons. The first-order valence-corrected chi connectivity index (χ1v) is 7.47.